The molecule has 5 heteroatoms. The molecule has 0 unspecified atom stereocenters. The highest BCUT2D eigenvalue weighted by Crippen LogP contribution is 2.24. The van der Waals surface area contributed by atoms with E-state index in [9.17, 15) is 4.39 Å². The molecule has 13 heavy (non-hydrogen) atoms. The second kappa shape index (κ2) is 3.91. The monoisotopic (exact) mass is 199 g/mol. The zero-order chi connectivity index (χ0) is 9.10. The Morgan fingerprint density at radius 1 is 1.46 bits per heavy atom. The summed E-state index contributed by atoms with van der Waals surface area (Å²) in [7, 11) is 0. The molecule has 2 rings (SSSR count). The van der Waals surface area contributed by atoms with Crippen molar-refractivity contribution in [3.63, 3.8) is 0 Å². The fourth-order valence-corrected chi connectivity index (χ4v) is 1.85. The highest BCUT2D eigenvalue weighted by Gasteiger charge is 2.17. The molecule has 0 saturated carbocycles. The van der Waals surface area contributed by atoms with Crippen LogP contribution in [-0.2, 0) is 0 Å². The van der Waals surface area contributed by atoms with E-state index in [1.54, 1.807) is 0 Å². The van der Waals surface area contributed by atoms with Gasteiger partial charge in [0.1, 0.15) is 0 Å². The van der Waals surface area contributed by atoms with E-state index in [2.05, 4.69) is 15.3 Å². The minimum atomic E-state index is -0.398. The van der Waals surface area contributed by atoms with E-state index in [0.717, 1.165) is 12.5 Å². The van der Waals surface area contributed by atoms with Gasteiger partial charge in [-0.05, 0) is 17.4 Å². The summed E-state index contributed by atoms with van der Waals surface area (Å²) in [5.74, 6) is 3.24. The summed E-state index contributed by atoms with van der Waals surface area (Å²) in [6.45, 7) is 0.888. The van der Waals surface area contributed by atoms with E-state index in [1.807, 2.05) is 11.8 Å². The van der Waals surface area contributed by atoms with E-state index in [1.165, 1.54) is 23.9 Å². The van der Waals surface area contributed by atoms with Gasteiger partial charge in [0.05, 0.1) is 12.4 Å². The first-order chi connectivity index (χ1) is 6.34. The van der Waals surface area contributed by atoms with Crippen LogP contribution in [0, 0.1) is 11.7 Å². The lowest BCUT2D eigenvalue weighted by Gasteiger charge is -2.24. The fraction of sp³-hybridized carbons (Fsp3) is 0.500. The zero-order valence-corrected chi connectivity index (χ0v) is 7.85. The molecule has 0 atom stereocenters. The molecule has 1 aromatic heterocycles. The number of rotatable bonds is 3. The van der Waals surface area contributed by atoms with Crippen LogP contribution in [0.15, 0.2) is 12.4 Å². The van der Waals surface area contributed by atoms with Crippen LogP contribution in [-0.4, -0.2) is 28.0 Å². The van der Waals surface area contributed by atoms with Crippen LogP contribution in [0.5, 0.6) is 0 Å². The van der Waals surface area contributed by atoms with Crippen molar-refractivity contribution < 1.29 is 4.39 Å². The van der Waals surface area contributed by atoms with Crippen LogP contribution >= 0.6 is 11.8 Å². The van der Waals surface area contributed by atoms with Crippen LogP contribution < -0.4 is 5.32 Å². The minimum absolute atomic E-state index is 0.398. The van der Waals surface area contributed by atoms with Gasteiger partial charge in [-0.3, -0.25) is 0 Å². The van der Waals surface area contributed by atoms with Gasteiger partial charge < -0.3 is 5.32 Å². The summed E-state index contributed by atoms with van der Waals surface area (Å²) in [5, 5.41) is 3.07. The Morgan fingerprint density at radius 3 is 2.69 bits per heavy atom. The molecule has 1 aromatic rings. The van der Waals surface area contributed by atoms with Crippen LogP contribution in [0.4, 0.5) is 10.3 Å². The van der Waals surface area contributed by atoms with E-state index >= 15 is 0 Å². The van der Waals surface area contributed by atoms with E-state index in [-0.39, 0.29) is 0 Å². The molecule has 2 heterocycles. The smallest absolute Gasteiger partial charge is 0.222 e. The molecule has 0 amide bonds. The quantitative estimate of drug-likeness (QED) is 0.798. The maximum Gasteiger partial charge on any atom is 0.222 e. The van der Waals surface area contributed by atoms with Crippen molar-refractivity contribution in [3.8, 4) is 0 Å². The van der Waals surface area contributed by atoms with E-state index in [0.29, 0.717) is 5.95 Å². The number of nitrogens with one attached hydrogen (secondary N) is 1. The van der Waals surface area contributed by atoms with Crippen LogP contribution in [0.2, 0.25) is 0 Å². The predicted octanol–water partition coefficient (Wildman–Crippen LogP) is 1.39. The molecule has 1 saturated heterocycles. The molecule has 1 N–H and O–H groups in total. The second-order valence-corrected chi connectivity index (χ2v) is 4.08. The number of hydrogen-bond donors (Lipinski definition) is 1. The third-order valence-corrected chi connectivity index (χ3v) is 3.29. The molecule has 0 spiro atoms. The number of halogens is 1. The predicted molar refractivity (Wildman–Crippen MR) is 51.3 cm³/mol. The van der Waals surface area contributed by atoms with Gasteiger partial charge in [0.2, 0.25) is 5.95 Å². The topological polar surface area (TPSA) is 37.8 Å². The highest BCUT2D eigenvalue weighted by atomic mass is 32.2. The highest BCUT2D eigenvalue weighted by molar-refractivity contribution is 8.00. The largest absolute Gasteiger partial charge is 0.354 e. The third-order valence-electron chi connectivity index (χ3n) is 1.88. The van der Waals surface area contributed by atoms with Crippen molar-refractivity contribution in [3.05, 3.63) is 18.2 Å². The first-order valence-electron chi connectivity index (χ1n) is 4.14. The fourth-order valence-electron chi connectivity index (χ4n) is 1.04. The lowest BCUT2D eigenvalue weighted by Crippen LogP contribution is -2.26. The Bertz CT molecular complexity index is 273. The average Bonchev–Trinajstić information content (AvgIpc) is 2.05. The Morgan fingerprint density at radius 2 is 2.15 bits per heavy atom. The van der Waals surface area contributed by atoms with E-state index < -0.39 is 5.82 Å². The lowest BCUT2D eigenvalue weighted by molar-refractivity contribution is 0.612. The first kappa shape index (κ1) is 8.74. The van der Waals surface area contributed by atoms with Gasteiger partial charge in [0, 0.05) is 6.54 Å². The van der Waals surface area contributed by atoms with Gasteiger partial charge >= 0.3 is 0 Å². The summed E-state index contributed by atoms with van der Waals surface area (Å²) in [6, 6.07) is 0. The van der Waals surface area contributed by atoms with Crippen molar-refractivity contribution in [2.45, 2.75) is 0 Å². The van der Waals surface area contributed by atoms with Crippen LogP contribution in [0.3, 0.4) is 0 Å². The molecule has 1 aliphatic rings. The summed E-state index contributed by atoms with van der Waals surface area (Å²) < 4.78 is 12.4. The van der Waals surface area contributed by atoms with Crippen molar-refractivity contribution in [2.24, 2.45) is 5.92 Å². The SMILES string of the molecule is Fc1cnc(NCC2CSC2)nc1. The maximum atomic E-state index is 12.4. The van der Waals surface area contributed by atoms with E-state index in [4.69, 9.17) is 0 Å². The van der Waals surface area contributed by atoms with Crippen molar-refractivity contribution in [1.29, 1.82) is 0 Å². The molecule has 1 aliphatic heterocycles. The Hall–Kier alpha value is -0.840. The normalized spacial score (nSPS) is 16.7. The molecule has 0 aliphatic carbocycles. The molecular weight excluding hydrogens is 189 g/mol. The minimum Gasteiger partial charge on any atom is -0.354 e. The van der Waals surface area contributed by atoms with Crippen LogP contribution in [0.25, 0.3) is 0 Å². The van der Waals surface area contributed by atoms with Gasteiger partial charge in [-0.1, -0.05) is 0 Å². The van der Waals surface area contributed by atoms with Crippen molar-refractivity contribution in [1.82, 2.24) is 9.97 Å². The maximum absolute atomic E-state index is 12.4. The summed E-state index contributed by atoms with van der Waals surface area (Å²) in [5.41, 5.74) is 0. The molecule has 0 aromatic carbocycles. The summed E-state index contributed by atoms with van der Waals surface area (Å²) in [6.07, 6.45) is 2.34. The number of hydrogen-bond acceptors (Lipinski definition) is 4. The van der Waals surface area contributed by atoms with Gasteiger partial charge in [0.25, 0.3) is 0 Å². The molecule has 3 nitrogen and oxygen atoms in total. The number of nitrogens with zero attached hydrogens (tertiary/aromatic N) is 2. The third kappa shape index (κ3) is 2.30. The zero-order valence-electron chi connectivity index (χ0n) is 7.03. The molecule has 1 fully saturated rings. The summed E-state index contributed by atoms with van der Waals surface area (Å²) >= 11 is 1.94. The van der Waals surface area contributed by atoms with Gasteiger partial charge in [0.15, 0.2) is 5.82 Å². The van der Waals surface area contributed by atoms with Crippen LogP contribution in [0.1, 0.15) is 0 Å². The van der Waals surface area contributed by atoms with Gasteiger partial charge in [-0.2, -0.15) is 11.8 Å². The number of thioether (sulfide) groups is 1. The number of anilines is 1. The lowest BCUT2D eigenvalue weighted by atomic mass is 10.2. The molecular formula is C8H10FN3S. The van der Waals surface area contributed by atoms with Crippen molar-refractivity contribution in [2.75, 3.05) is 23.4 Å². The Balaban J connectivity index is 1.83. The summed E-state index contributed by atoms with van der Waals surface area (Å²) in [4.78, 5) is 7.61. The second-order valence-electron chi connectivity index (χ2n) is 3.01. The molecule has 70 valence electrons. The van der Waals surface area contributed by atoms with Gasteiger partial charge in [-0.25, -0.2) is 14.4 Å². The molecule has 0 bridgehead atoms. The Labute approximate surface area is 80.2 Å². The van der Waals surface area contributed by atoms with Gasteiger partial charge in [-0.15, -0.1) is 0 Å². The standard InChI is InChI=1S/C8H10FN3S/c9-7-2-11-8(12-3-7)10-1-6-4-13-5-6/h2-3,6H,1,4-5H2,(H,10,11,12). The van der Waals surface area contributed by atoms with Crippen molar-refractivity contribution >= 4 is 17.7 Å². The molecule has 0 radical (unpaired) electrons. The number of aromatic nitrogens is 2. The first-order valence-corrected chi connectivity index (χ1v) is 5.29. The average molecular weight is 199 g/mol. The Kier molecular flexibility index (Phi) is 2.63.